The van der Waals surface area contributed by atoms with E-state index in [1.807, 2.05) is 20.8 Å². The number of nitrogens with zero attached hydrogens (tertiary/aromatic N) is 1. The number of amides is 2. The minimum Gasteiger partial charge on any atom is -0.480 e. The van der Waals surface area contributed by atoms with Gasteiger partial charge in [0.1, 0.15) is 5.54 Å². The quantitative estimate of drug-likeness (QED) is 0.815. The molecule has 1 saturated heterocycles. The second-order valence-electron chi connectivity index (χ2n) is 6.68. The van der Waals surface area contributed by atoms with Crippen molar-refractivity contribution in [1.29, 1.82) is 0 Å². The normalized spacial score (nSPS) is 37.1. The summed E-state index contributed by atoms with van der Waals surface area (Å²) in [5.41, 5.74) is -1.11. The third kappa shape index (κ3) is 3.67. The highest BCUT2D eigenvalue weighted by Crippen LogP contribution is 2.32. The number of carbonyl (C=O) groups is 2. The molecule has 0 aromatic rings. The van der Waals surface area contributed by atoms with Gasteiger partial charge in [-0.25, -0.2) is 9.59 Å². The van der Waals surface area contributed by atoms with Crippen LogP contribution in [0, 0.1) is 5.92 Å². The molecule has 0 radical (unpaired) electrons. The lowest BCUT2D eigenvalue weighted by Crippen LogP contribution is -2.61. The molecule has 4 atom stereocenters. The molecule has 0 aromatic heterocycles. The fraction of sp³-hybridized carbons (Fsp3) is 0.867. The van der Waals surface area contributed by atoms with Crippen molar-refractivity contribution < 1.29 is 19.4 Å². The molecule has 21 heavy (non-hydrogen) atoms. The molecule has 4 unspecified atom stereocenters. The Morgan fingerprint density at radius 2 is 1.86 bits per heavy atom. The smallest absolute Gasteiger partial charge is 0.329 e. The molecule has 2 N–H and O–H groups in total. The molecule has 2 rings (SSSR count). The summed E-state index contributed by atoms with van der Waals surface area (Å²) in [4.78, 5) is 25.8. The van der Waals surface area contributed by atoms with Crippen LogP contribution in [0.5, 0.6) is 0 Å². The molecule has 1 aliphatic carbocycles. The third-order valence-corrected chi connectivity index (χ3v) is 4.46. The van der Waals surface area contributed by atoms with E-state index in [2.05, 4.69) is 5.32 Å². The van der Waals surface area contributed by atoms with Gasteiger partial charge in [0.2, 0.25) is 0 Å². The Labute approximate surface area is 125 Å². The molecule has 0 bridgehead atoms. The van der Waals surface area contributed by atoms with Crippen LogP contribution in [0.1, 0.15) is 46.5 Å². The summed E-state index contributed by atoms with van der Waals surface area (Å²) >= 11 is 0. The standard InChI is InChI=1S/C15H26N2O4/c1-10-5-4-6-15(7-10,13(18)19)16-14(20)17-8-11(2)21-12(3)9-17/h10-12H,4-9H2,1-3H3,(H,16,20)(H,18,19). The molecule has 2 aliphatic rings. The van der Waals surface area contributed by atoms with Crippen molar-refractivity contribution in [3.05, 3.63) is 0 Å². The Balaban J connectivity index is 2.06. The maximum absolute atomic E-state index is 12.5. The van der Waals surface area contributed by atoms with Crippen LogP contribution in [0.2, 0.25) is 0 Å². The van der Waals surface area contributed by atoms with E-state index in [9.17, 15) is 14.7 Å². The SMILES string of the molecule is CC1CCCC(NC(=O)N2CC(C)OC(C)C2)(C(=O)O)C1. The minimum absolute atomic E-state index is 0.0226. The van der Waals surface area contributed by atoms with E-state index < -0.39 is 11.5 Å². The number of carboxylic acid groups (broad SMARTS) is 1. The summed E-state index contributed by atoms with van der Waals surface area (Å²) in [5, 5.41) is 12.4. The Bertz CT molecular complexity index is 404. The predicted molar refractivity (Wildman–Crippen MR) is 78.1 cm³/mol. The molecule has 120 valence electrons. The number of carboxylic acids is 1. The van der Waals surface area contributed by atoms with Crippen molar-refractivity contribution in [1.82, 2.24) is 10.2 Å². The number of aliphatic carboxylic acids is 1. The second kappa shape index (κ2) is 6.22. The van der Waals surface area contributed by atoms with Crippen molar-refractivity contribution in [2.45, 2.75) is 64.2 Å². The molecule has 0 spiro atoms. The van der Waals surface area contributed by atoms with Crippen LogP contribution >= 0.6 is 0 Å². The van der Waals surface area contributed by atoms with Crippen molar-refractivity contribution in [2.24, 2.45) is 5.92 Å². The molecule has 0 aromatic carbocycles. The fourth-order valence-corrected chi connectivity index (χ4v) is 3.54. The molecular weight excluding hydrogens is 272 g/mol. The van der Waals surface area contributed by atoms with Gasteiger partial charge in [0.05, 0.1) is 12.2 Å². The van der Waals surface area contributed by atoms with E-state index in [4.69, 9.17) is 4.74 Å². The van der Waals surface area contributed by atoms with Gasteiger partial charge in [0, 0.05) is 13.1 Å². The van der Waals surface area contributed by atoms with E-state index in [1.54, 1.807) is 4.90 Å². The molecule has 1 saturated carbocycles. The number of carbonyl (C=O) groups excluding carboxylic acids is 1. The zero-order chi connectivity index (χ0) is 15.6. The van der Waals surface area contributed by atoms with Crippen LogP contribution in [-0.4, -0.2) is 52.8 Å². The summed E-state index contributed by atoms with van der Waals surface area (Å²) in [5.74, 6) is -0.602. The van der Waals surface area contributed by atoms with E-state index in [-0.39, 0.29) is 18.2 Å². The number of rotatable bonds is 2. The summed E-state index contributed by atoms with van der Waals surface area (Å²) in [7, 11) is 0. The highest BCUT2D eigenvalue weighted by atomic mass is 16.5. The van der Waals surface area contributed by atoms with Crippen LogP contribution in [-0.2, 0) is 9.53 Å². The van der Waals surface area contributed by atoms with Crippen molar-refractivity contribution in [3.63, 3.8) is 0 Å². The van der Waals surface area contributed by atoms with Crippen LogP contribution in [0.3, 0.4) is 0 Å². The maximum atomic E-state index is 12.5. The van der Waals surface area contributed by atoms with Gasteiger partial charge >= 0.3 is 12.0 Å². The minimum atomic E-state index is -1.11. The average molecular weight is 298 g/mol. The van der Waals surface area contributed by atoms with Gasteiger partial charge < -0.3 is 20.1 Å². The molecule has 6 heteroatoms. The molecule has 1 aliphatic heterocycles. The third-order valence-electron chi connectivity index (χ3n) is 4.46. The molecule has 1 heterocycles. The maximum Gasteiger partial charge on any atom is 0.329 e. The van der Waals surface area contributed by atoms with Gasteiger partial charge in [-0.3, -0.25) is 0 Å². The monoisotopic (exact) mass is 298 g/mol. The Kier molecular flexibility index (Phi) is 4.76. The first-order chi connectivity index (χ1) is 9.82. The summed E-state index contributed by atoms with van der Waals surface area (Å²) < 4.78 is 5.61. The zero-order valence-corrected chi connectivity index (χ0v) is 13.1. The molecular formula is C15H26N2O4. The van der Waals surface area contributed by atoms with Gasteiger partial charge in [-0.05, 0) is 32.6 Å². The number of ether oxygens (including phenoxy) is 1. The van der Waals surface area contributed by atoms with Crippen LogP contribution in [0.25, 0.3) is 0 Å². The number of hydrogen-bond acceptors (Lipinski definition) is 3. The highest BCUT2D eigenvalue weighted by Gasteiger charge is 2.44. The van der Waals surface area contributed by atoms with E-state index in [0.717, 1.165) is 12.8 Å². The highest BCUT2D eigenvalue weighted by molar-refractivity contribution is 5.86. The lowest BCUT2D eigenvalue weighted by atomic mass is 9.76. The Morgan fingerprint density at radius 1 is 1.24 bits per heavy atom. The lowest BCUT2D eigenvalue weighted by Gasteiger charge is -2.41. The van der Waals surface area contributed by atoms with Gasteiger partial charge in [-0.15, -0.1) is 0 Å². The fourth-order valence-electron chi connectivity index (χ4n) is 3.54. The number of urea groups is 1. The largest absolute Gasteiger partial charge is 0.480 e. The van der Waals surface area contributed by atoms with E-state index in [1.165, 1.54) is 0 Å². The number of hydrogen-bond donors (Lipinski definition) is 2. The van der Waals surface area contributed by atoms with Gasteiger partial charge in [-0.1, -0.05) is 19.8 Å². The summed E-state index contributed by atoms with van der Waals surface area (Å²) in [6, 6.07) is -0.284. The van der Waals surface area contributed by atoms with Crippen LogP contribution in [0.4, 0.5) is 4.79 Å². The Hall–Kier alpha value is -1.30. The molecule has 6 nitrogen and oxygen atoms in total. The van der Waals surface area contributed by atoms with Crippen LogP contribution < -0.4 is 5.32 Å². The number of morpholine rings is 1. The van der Waals surface area contributed by atoms with E-state index >= 15 is 0 Å². The summed E-state index contributed by atoms with van der Waals surface area (Å²) in [6.45, 7) is 6.89. The predicted octanol–water partition coefficient (Wildman–Crippen LogP) is 1.84. The van der Waals surface area contributed by atoms with Gasteiger partial charge in [0.25, 0.3) is 0 Å². The first-order valence-electron chi connectivity index (χ1n) is 7.78. The zero-order valence-electron chi connectivity index (χ0n) is 13.1. The topological polar surface area (TPSA) is 78.9 Å². The number of nitrogens with one attached hydrogen (secondary N) is 1. The van der Waals surface area contributed by atoms with E-state index in [0.29, 0.717) is 31.8 Å². The van der Waals surface area contributed by atoms with Gasteiger partial charge in [-0.2, -0.15) is 0 Å². The van der Waals surface area contributed by atoms with Crippen molar-refractivity contribution in [3.8, 4) is 0 Å². The van der Waals surface area contributed by atoms with Crippen molar-refractivity contribution in [2.75, 3.05) is 13.1 Å². The Morgan fingerprint density at radius 3 is 2.38 bits per heavy atom. The molecule has 2 amide bonds. The first kappa shape index (κ1) is 16.1. The van der Waals surface area contributed by atoms with Crippen molar-refractivity contribution >= 4 is 12.0 Å². The first-order valence-corrected chi connectivity index (χ1v) is 7.78. The average Bonchev–Trinajstić information content (AvgIpc) is 2.37. The second-order valence-corrected chi connectivity index (χ2v) is 6.68. The lowest BCUT2D eigenvalue weighted by molar-refractivity contribution is -0.146. The summed E-state index contributed by atoms with van der Waals surface area (Å²) in [6.07, 6.45) is 2.83. The molecule has 2 fully saturated rings. The van der Waals surface area contributed by atoms with Crippen LogP contribution in [0.15, 0.2) is 0 Å². The van der Waals surface area contributed by atoms with Gasteiger partial charge in [0.15, 0.2) is 0 Å².